The third-order valence-corrected chi connectivity index (χ3v) is 3.64. The molecular weight excluding hydrogens is 340 g/mol. The molecule has 0 fully saturated rings. The van der Waals surface area contributed by atoms with Crippen LogP contribution in [0.1, 0.15) is 25.0 Å². The fraction of sp³-hybridized carbons (Fsp3) is 0.200. The SMILES string of the molecule is CCOC(=O)C(=Cc1ccc(OCc2ccc(Cl)cc2)cc1)C(C)=O. The van der Waals surface area contributed by atoms with E-state index < -0.39 is 5.97 Å². The van der Waals surface area contributed by atoms with Crippen LogP contribution in [0.4, 0.5) is 0 Å². The van der Waals surface area contributed by atoms with Gasteiger partial charge >= 0.3 is 5.97 Å². The maximum absolute atomic E-state index is 11.8. The van der Waals surface area contributed by atoms with Gasteiger partial charge in [0.2, 0.25) is 0 Å². The molecule has 0 saturated heterocycles. The number of ketones is 1. The molecular formula is C20H19ClO4. The van der Waals surface area contributed by atoms with E-state index in [1.165, 1.54) is 13.0 Å². The van der Waals surface area contributed by atoms with E-state index in [0.29, 0.717) is 17.4 Å². The Bertz CT molecular complexity index is 761. The molecule has 130 valence electrons. The average molecular weight is 359 g/mol. The average Bonchev–Trinajstić information content (AvgIpc) is 2.60. The topological polar surface area (TPSA) is 52.6 Å². The Morgan fingerprint density at radius 3 is 2.24 bits per heavy atom. The summed E-state index contributed by atoms with van der Waals surface area (Å²) in [5, 5.41) is 0.683. The lowest BCUT2D eigenvalue weighted by atomic mass is 10.1. The zero-order chi connectivity index (χ0) is 18.2. The predicted molar refractivity (Wildman–Crippen MR) is 97.5 cm³/mol. The highest BCUT2D eigenvalue weighted by molar-refractivity contribution is 6.30. The highest BCUT2D eigenvalue weighted by Crippen LogP contribution is 2.17. The number of hydrogen-bond donors (Lipinski definition) is 0. The molecule has 0 saturated carbocycles. The normalized spacial score (nSPS) is 11.1. The number of ether oxygens (including phenoxy) is 2. The number of halogens is 1. The lowest BCUT2D eigenvalue weighted by Gasteiger charge is -2.07. The van der Waals surface area contributed by atoms with Gasteiger partial charge in [0.1, 0.15) is 17.9 Å². The second-order valence-corrected chi connectivity index (χ2v) is 5.76. The van der Waals surface area contributed by atoms with Gasteiger partial charge in [-0.15, -0.1) is 0 Å². The molecule has 0 atom stereocenters. The first-order valence-corrected chi connectivity index (χ1v) is 8.24. The van der Waals surface area contributed by atoms with Gasteiger partial charge in [-0.25, -0.2) is 4.79 Å². The van der Waals surface area contributed by atoms with Gasteiger partial charge < -0.3 is 9.47 Å². The summed E-state index contributed by atoms with van der Waals surface area (Å²) in [7, 11) is 0. The van der Waals surface area contributed by atoms with Gasteiger partial charge in [-0.2, -0.15) is 0 Å². The Labute approximate surface area is 152 Å². The molecule has 4 nitrogen and oxygen atoms in total. The number of hydrogen-bond acceptors (Lipinski definition) is 4. The van der Waals surface area contributed by atoms with Gasteiger partial charge in [0.05, 0.1) is 6.61 Å². The highest BCUT2D eigenvalue weighted by atomic mass is 35.5. The molecule has 0 unspecified atom stereocenters. The zero-order valence-corrected chi connectivity index (χ0v) is 14.9. The smallest absolute Gasteiger partial charge is 0.341 e. The van der Waals surface area contributed by atoms with Crippen LogP contribution in [-0.4, -0.2) is 18.4 Å². The Balaban J connectivity index is 2.05. The zero-order valence-electron chi connectivity index (χ0n) is 14.1. The van der Waals surface area contributed by atoms with Crippen LogP contribution in [0.15, 0.2) is 54.1 Å². The monoisotopic (exact) mass is 358 g/mol. The minimum absolute atomic E-state index is 0.0247. The highest BCUT2D eigenvalue weighted by Gasteiger charge is 2.15. The molecule has 0 aromatic heterocycles. The molecule has 0 aliphatic heterocycles. The number of carbonyl (C=O) groups excluding carboxylic acids is 2. The van der Waals surface area contributed by atoms with Crippen molar-refractivity contribution in [2.75, 3.05) is 6.61 Å². The fourth-order valence-corrected chi connectivity index (χ4v) is 2.21. The van der Waals surface area contributed by atoms with Crippen molar-refractivity contribution in [1.29, 1.82) is 0 Å². The molecule has 0 radical (unpaired) electrons. The molecule has 0 N–H and O–H groups in total. The Hall–Kier alpha value is -2.59. The fourth-order valence-electron chi connectivity index (χ4n) is 2.09. The van der Waals surface area contributed by atoms with E-state index in [1.54, 1.807) is 31.2 Å². The second-order valence-electron chi connectivity index (χ2n) is 5.32. The largest absolute Gasteiger partial charge is 0.489 e. The van der Waals surface area contributed by atoms with E-state index in [-0.39, 0.29) is 18.0 Å². The van der Waals surface area contributed by atoms with Crippen LogP contribution in [0, 0.1) is 0 Å². The van der Waals surface area contributed by atoms with Crippen molar-refractivity contribution in [3.8, 4) is 5.75 Å². The molecule has 2 aromatic carbocycles. The van der Waals surface area contributed by atoms with Gasteiger partial charge in [0.25, 0.3) is 0 Å². The molecule has 25 heavy (non-hydrogen) atoms. The van der Waals surface area contributed by atoms with Crippen molar-refractivity contribution in [2.24, 2.45) is 0 Å². The van der Waals surface area contributed by atoms with Gasteiger partial charge in [-0.3, -0.25) is 4.79 Å². The first-order chi connectivity index (χ1) is 12.0. The molecule has 0 heterocycles. The molecule has 0 spiro atoms. The number of rotatable bonds is 7. The van der Waals surface area contributed by atoms with E-state index in [2.05, 4.69) is 0 Å². The van der Waals surface area contributed by atoms with Crippen LogP contribution in [0.25, 0.3) is 6.08 Å². The molecule has 0 aliphatic rings. The third-order valence-electron chi connectivity index (χ3n) is 3.38. The van der Waals surface area contributed by atoms with E-state index in [1.807, 2.05) is 24.3 Å². The van der Waals surface area contributed by atoms with Crippen LogP contribution >= 0.6 is 11.6 Å². The van der Waals surface area contributed by atoms with Gasteiger partial charge in [-0.1, -0.05) is 35.9 Å². The molecule has 0 aliphatic carbocycles. The summed E-state index contributed by atoms with van der Waals surface area (Å²) >= 11 is 5.85. The maximum atomic E-state index is 11.8. The van der Waals surface area contributed by atoms with Crippen LogP contribution in [-0.2, 0) is 20.9 Å². The summed E-state index contributed by atoms with van der Waals surface area (Å²) in [5.41, 5.74) is 1.75. The van der Waals surface area contributed by atoms with Crippen LogP contribution < -0.4 is 4.74 Å². The van der Waals surface area contributed by atoms with Crippen LogP contribution in [0.3, 0.4) is 0 Å². The number of Topliss-reactive ketones (excluding diaryl/α,β-unsaturated/α-hetero) is 1. The van der Waals surface area contributed by atoms with Crippen molar-refractivity contribution in [1.82, 2.24) is 0 Å². The lowest BCUT2D eigenvalue weighted by Crippen LogP contribution is -2.13. The van der Waals surface area contributed by atoms with Crippen LogP contribution in [0.5, 0.6) is 5.75 Å². The summed E-state index contributed by atoms with van der Waals surface area (Å²) in [6, 6.07) is 14.5. The maximum Gasteiger partial charge on any atom is 0.341 e. The van der Waals surface area contributed by atoms with Crippen LogP contribution in [0.2, 0.25) is 5.02 Å². The first-order valence-electron chi connectivity index (χ1n) is 7.86. The van der Waals surface area contributed by atoms with Crippen molar-refractivity contribution >= 4 is 29.4 Å². The van der Waals surface area contributed by atoms with E-state index in [9.17, 15) is 9.59 Å². The number of benzene rings is 2. The summed E-state index contributed by atoms with van der Waals surface area (Å²) in [4.78, 5) is 23.4. The van der Waals surface area contributed by atoms with Crippen molar-refractivity contribution in [3.63, 3.8) is 0 Å². The number of carbonyl (C=O) groups is 2. The summed E-state index contributed by atoms with van der Waals surface area (Å²) in [5.74, 6) is -0.257. The summed E-state index contributed by atoms with van der Waals surface area (Å²) in [6.07, 6.45) is 1.52. The standard InChI is InChI=1S/C20H19ClO4/c1-3-24-20(23)19(14(2)22)12-15-6-10-18(11-7-15)25-13-16-4-8-17(21)9-5-16/h4-12H,3,13H2,1-2H3. The Morgan fingerprint density at radius 2 is 1.68 bits per heavy atom. The molecule has 2 aromatic rings. The number of esters is 1. The van der Waals surface area contributed by atoms with Crippen molar-refractivity contribution in [2.45, 2.75) is 20.5 Å². The third kappa shape index (κ3) is 5.76. The van der Waals surface area contributed by atoms with Crippen molar-refractivity contribution < 1.29 is 19.1 Å². The molecule has 0 amide bonds. The van der Waals surface area contributed by atoms with E-state index >= 15 is 0 Å². The van der Waals surface area contributed by atoms with Gasteiger partial charge in [0.15, 0.2) is 5.78 Å². The summed E-state index contributed by atoms with van der Waals surface area (Å²) < 4.78 is 10.6. The van der Waals surface area contributed by atoms with Crippen molar-refractivity contribution in [3.05, 3.63) is 70.3 Å². The minimum Gasteiger partial charge on any atom is -0.489 e. The minimum atomic E-state index is -0.613. The van der Waals surface area contributed by atoms with Gasteiger partial charge in [0, 0.05) is 5.02 Å². The molecule has 0 bridgehead atoms. The second kappa shape index (κ2) is 9.04. The molecule has 5 heteroatoms. The predicted octanol–water partition coefficient (Wildman–Crippen LogP) is 4.45. The van der Waals surface area contributed by atoms with E-state index in [4.69, 9.17) is 21.1 Å². The van der Waals surface area contributed by atoms with Gasteiger partial charge in [-0.05, 0) is 55.3 Å². The first kappa shape index (κ1) is 18.7. The lowest BCUT2D eigenvalue weighted by molar-refractivity contribution is -0.139. The van der Waals surface area contributed by atoms with E-state index in [0.717, 1.165) is 11.1 Å². The Kier molecular flexibility index (Phi) is 6.78. The molecule has 2 rings (SSSR count). The summed E-state index contributed by atoms with van der Waals surface area (Å²) in [6.45, 7) is 3.68. The Morgan fingerprint density at radius 1 is 1.04 bits per heavy atom. The quantitative estimate of drug-likeness (QED) is 0.317.